The van der Waals surface area contributed by atoms with Gasteiger partial charge in [-0.1, -0.05) is 17.7 Å². The molecule has 0 saturated carbocycles. The Kier molecular flexibility index (Phi) is 5.63. The van der Waals surface area contributed by atoms with Crippen molar-refractivity contribution in [1.29, 1.82) is 0 Å². The van der Waals surface area contributed by atoms with Crippen molar-refractivity contribution in [2.75, 3.05) is 18.1 Å². The SMILES string of the molecule is Cc1ccc(OC(C)CNc2ccc([N+](=O)[O-])c(S(C)(=O)=O)c2)cc1. The van der Waals surface area contributed by atoms with Gasteiger partial charge < -0.3 is 10.1 Å². The van der Waals surface area contributed by atoms with Gasteiger partial charge in [-0.2, -0.15) is 0 Å². The molecule has 25 heavy (non-hydrogen) atoms. The van der Waals surface area contributed by atoms with E-state index >= 15 is 0 Å². The van der Waals surface area contributed by atoms with Gasteiger partial charge in [0.05, 0.1) is 11.5 Å². The van der Waals surface area contributed by atoms with Crippen LogP contribution in [0.3, 0.4) is 0 Å². The summed E-state index contributed by atoms with van der Waals surface area (Å²) in [4.78, 5) is 9.96. The van der Waals surface area contributed by atoms with Crippen LogP contribution in [0.1, 0.15) is 12.5 Å². The topological polar surface area (TPSA) is 98.5 Å². The lowest BCUT2D eigenvalue weighted by Gasteiger charge is -2.16. The number of benzene rings is 2. The monoisotopic (exact) mass is 364 g/mol. The van der Waals surface area contributed by atoms with Gasteiger partial charge in [0.1, 0.15) is 16.7 Å². The molecule has 2 aromatic carbocycles. The maximum Gasteiger partial charge on any atom is 0.288 e. The van der Waals surface area contributed by atoms with Crippen LogP contribution in [0.15, 0.2) is 47.4 Å². The maximum atomic E-state index is 11.8. The first kappa shape index (κ1) is 18.7. The predicted molar refractivity (Wildman–Crippen MR) is 96.0 cm³/mol. The molecule has 0 amide bonds. The van der Waals surface area contributed by atoms with E-state index in [9.17, 15) is 18.5 Å². The van der Waals surface area contributed by atoms with Crippen molar-refractivity contribution >= 4 is 21.2 Å². The molecular weight excluding hydrogens is 344 g/mol. The molecule has 0 bridgehead atoms. The Bertz CT molecular complexity index is 863. The number of nitrogens with zero attached hydrogens (tertiary/aromatic N) is 1. The Labute approximate surface area is 146 Å². The number of aryl methyl sites for hydroxylation is 1. The molecule has 0 aliphatic carbocycles. The van der Waals surface area contributed by atoms with Crippen molar-refractivity contribution in [2.24, 2.45) is 0 Å². The zero-order chi connectivity index (χ0) is 18.6. The summed E-state index contributed by atoms with van der Waals surface area (Å²) in [6.45, 7) is 4.27. The number of rotatable bonds is 7. The van der Waals surface area contributed by atoms with Crippen molar-refractivity contribution in [2.45, 2.75) is 24.8 Å². The highest BCUT2D eigenvalue weighted by Crippen LogP contribution is 2.27. The van der Waals surface area contributed by atoms with Gasteiger partial charge in [-0.15, -0.1) is 0 Å². The highest BCUT2D eigenvalue weighted by Gasteiger charge is 2.22. The Morgan fingerprint density at radius 2 is 1.84 bits per heavy atom. The van der Waals surface area contributed by atoms with Crippen LogP contribution < -0.4 is 10.1 Å². The molecule has 7 nitrogen and oxygen atoms in total. The Morgan fingerprint density at radius 1 is 1.20 bits per heavy atom. The minimum absolute atomic E-state index is 0.181. The molecule has 0 aromatic heterocycles. The van der Waals surface area contributed by atoms with E-state index in [0.717, 1.165) is 17.6 Å². The predicted octanol–water partition coefficient (Wildman–Crippen LogP) is 3.19. The molecule has 0 fully saturated rings. The average molecular weight is 364 g/mol. The van der Waals surface area contributed by atoms with Crippen LogP contribution in [-0.2, 0) is 9.84 Å². The van der Waals surface area contributed by atoms with Gasteiger partial charge in [-0.3, -0.25) is 10.1 Å². The van der Waals surface area contributed by atoms with Crippen molar-refractivity contribution < 1.29 is 18.1 Å². The molecule has 1 N–H and O–H groups in total. The van der Waals surface area contributed by atoms with Gasteiger partial charge in [0.25, 0.3) is 5.69 Å². The quantitative estimate of drug-likeness (QED) is 0.598. The summed E-state index contributed by atoms with van der Waals surface area (Å²) < 4.78 is 29.3. The Balaban J connectivity index is 2.07. The zero-order valence-electron chi connectivity index (χ0n) is 14.2. The second kappa shape index (κ2) is 7.52. The highest BCUT2D eigenvalue weighted by atomic mass is 32.2. The molecule has 2 aromatic rings. The molecule has 0 spiro atoms. The van der Waals surface area contributed by atoms with Crippen LogP contribution in [0, 0.1) is 17.0 Å². The number of hydrogen-bond acceptors (Lipinski definition) is 6. The summed E-state index contributed by atoms with van der Waals surface area (Å²) in [5.41, 5.74) is 1.18. The van der Waals surface area contributed by atoms with E-state index in [-0.39, 0.29) is 11.0 Å². The first-order valence-electron chi connectivity index (χ1n) is 7.62. The normalized spacial score (nSPS) is 12.4. The fourth-order valence-corrected chi connectivity index (χ4v) is 3.09. The first-order valence-corrected chi connectivity index (χ1v) is 9.51. The molecule has 8 heteroatoms. The van der Waals surface area contributed by atoms with Crippen LogP contribution in [0.5, 0.6) is 5.75 Å². The third-order valence-corrected chi connectivity index (χ3v) is 4.63. The first-order chi connectivity index (χ1) is 11.7. The summed E-state index contributed by atoms with van der Waals surface area (Å²) >= 11 is 0. The van der Waals surface area contributed by atoms with Crippen molar-refractivity contribution in [3.05, 3.63) is 58.1 Å². The number of nitrogens with one attached hydrogen (secondary N) is 1. The van der Waals surface area contributed by atoms with Crippen LogP contribution in [0.25, 0.3) is 0 Å². The number of nitro groups is 1. The van der Waals surface area contributed by atoms with E-state index in [4.69, 9.17) is 4.74 Å². The van der Waals surface area contributed by atoms with Gasteiger partial charge >= 0.3 is 0 Å². The van der Waals surface area contributed by atoms with E-state index < -0.39 is 20.4 Å². The number of ether oxygens (including phenoxy) is 1. The summed E-state index contributed by atoms with van der Waals surface area (Å²) in [5.74, 6) is 0.737. The molecule has 1 unspecified atom stereocenters. The van der Waals surface area contributed by atoms with Crippen molar-refractivity contribution in [3.8, 4) is 5.75 Å². The third-order valence-electron chi connectivity index (χ3n) is 3.51. The fourth-order valence-electron chi connectivity index (χ4n) is 2.22. The van der Waals surface area contributed by atoms with E-state index in [1.807, 2.05) is 38.1 Å². The standard InChI is InChI=1S/C17H20N2O5S/c1-12-4-7-15(8-5-12)24-13(2)11-18-14-6-9-16(19(20)21)17(10-14)25(3,22)23/h4-10,13,18H,11H2,1-3H3. The average Bonchev–Trinajstić information content (AvgIpc) is 2.54. The minimum atomic E-state index is -3.71. The van der Waals surface area contributed by atoms with Crippen LogP contribution in [0.4, 0.5) is 11.4 Å². The molecule has 0 saturated heterocycles. The number of hydrogen-bond donors (Lipinski definition) is 1. The lowest BCUT2D eigenvalue weighted by atomic mass is 10.2. The smallest absolute Gasteiger partial charge is 0.288 e. The second-order valence-corrected chi connectivity index (χ2v) is 7.82. The third kappa shape index (κ3) is 5.18. The van der Waals surface area contributed by atoms with Crippen molar-refractivity contribution in [1.82, 2.24) is 0 Å². The van der Waals surface area contributed by atoms with Crippen LogP contribution >= 0.6 is 0 Å². The van der Waals surface area contributed by atoms with Gasteiger partial charge in [0.15, 0.2) is 9.84 Å². The molecular formula is C17H20N2O5S. The second-order valence-electron chi connectivity index (χ2n) is 5.83. The summed E-state index contributed by atoms with van der Waals surface area (Å²) in [6, 6.07) is 11.6. The highest BCUT2D eigenvalue weighted by molar-refractivity contribution is 7.90. The number of nitro benzene ring substituents is 1. The minimum Gasteiger partial charge on any atom is -0.489 e. The molecule has 0 radical (unpaired) electrons. The van der Waals surface area contributed by atoms with Crippen LogP contribution in [0.2, 0.25) is 0 Å². The summed E-state index contributed by atoms with van der Waals surface area (Å²) in [6.07, 6.45) is 0.766. The summed E-state index contributed by atoms with van der Waals surface area (Å²) in [7, 11) is -3.71. The molecule has 0 heterocycles. The Morgan fingerprint density at radius 3 is 2.40 bits per heavy atom. The number of sulfone groups is 1. The van der Waals surface area contributed by atoms with Crippen LogP contribution in [-0.4, -0.2) is 32.2 Å². The van der Waals surface area contributed by atoms with Gasteiger partial charge in [0, 0.05) is 18.0 Å². The van der Waals surface area contributed by atoms with E-state index in [1.54, 1.807) is 0 Å². The van der Waals surface area contributed by atoms with E-state index in [2.05, 4.69) is 5.32 Å². The Hall–Kier alpha value is -2.61. The molecule has 1 atom stereocenters. The lowest BCUT2D eigenvalue weighted by Crippen LogP contribution is -2.22. The van der Waals surface area contributed by atoms with E-state index in [1.165, 1.54) is 18.2 Å². The van der Waals surface area contributed by atoms with Gasteiger partial charge in [-0.05, 0) is 38.1 Å². The molecule has 0 aliphatic heterocycles. The molecule has 0 aliphatic rings. The van der Waals surface area contributed by atoms with Gasteiger partial charge in [0.2, 0.25) is 0 Å². The number of anilines is 1. The molecule has 2 rings (SSSR count). The largest absolute Gasteiger partial charge is 0.489 e. The zero-order valence-corrected chi connectivity index (χ0v) is 15.0. The fraction of sp³-hybridized carbons (Fsp3) is 0.294. The van der Waals surface area contributed by atoms with E-state index in [0.29, 0.717) is 12.2 Å². The van der Waals surface area contributed by atoms with Crippen molar-refractivity contribution in [3.63, 3.8) is 0 Å². The maximum absolute atomic E-state index is 11.8. The molecule has 134 valence electrons. The summed E-state index contributed by atoms with van der Waals surface area (Å²) in [5, 5.41) is 14.0. The lowest BCUT2D eigenvalue weighted by molar-refractivity contribution is -0.387. The van der Waals surface area contributed by atoms with Gasteiger partial charge in [-0.25, -0.2) is 8.42 Å².